The number of rotatable bonds is 6. The molecule has 3 nitrogen and oxygen atoms in total. The van der Waals surface area contributed by atoms with E-state index < -0.39 is 0 Å². The lowest BCUT2D eigenvalue weighted by Gasteiger charge is -2.35. The number of nitrogens with zero attached hydrogens (tertiary/aromatic N) is 2. The highest BCUT2D eigenvalue weighted by molar-refractivity contribution is 5.51. The van der Waals surface area contributed by atoms with Gasteiger partial charge in [-0.05, 0) is 69.6 Å². The van der Waals surface area contributed by atoms with Gasteiger partial charge in [0.2, 0.25) is 0 Å². The summed E-state index contributed by atoms with van der Waals surface area (Å²) in [5.41, 5.74) is 4.23. The molecular weight excluding hydrogens is 258 g/mol. The molecule has 0 aromatic heterocycles. The minimum Gasteiger partial charge on any atom is -0.372 e. The highest BCUT2D eigenvalue weighted by Crippen LogP contribution is 2.25. The quantitative estimate of drug-likeness (QED) is 0.869. The Morgan fingerprint density at radius 3 is 2.52 bits per heavy atom. The lowest BCUT2D eigenvalue weighted by Crippen LogP contribution is -2.37. The van der Waals surface area contributed by atoms with Crippen LogP contribution < -0.4 is 10.2 Å². The van der Waals surface area contributed by atoms with Crippen LogP contribution in [0.25, 0.3) is 0 Å². The predicted molar refractivity (Wildman–Crippen MR) is 92.1 cm³/mol. The number of hydrogen-bond donors (Lipinski definition) is 1. The summed E-state index contributed by atoms with van der Waals surface area (Å²) in [4.78, 5) is 4.87. The van der Waals surface area contributed by atoms with E-state index in [2.05, 4.69) is 61.3 Å². The van der Waals surface area contributed by atoms with Crippen LogP contribution in [0.2, 0.25) is 0 Å². The van der Waals surface area contributed by atoms with Gasteiger partial charge in [-0.2, -0.15) is 0 Å². The van der Waals surface area contributed by atoms with Crippen LogP contribution in [-0.2, 0) is 6.54 Å². The number of piperidine rings is 1. The molecule has 0 atom stereocenters. The van der Waals surface area contributed by atoms with Gasteiger partial charge in [0.1, 0.15) is 0 Å². The number of aryl methyl sites for hydroxylation is 1. The maximum atomic E-state index is 3.41. The Labute approximate surface area is 130 Å². The van der Waals surface area contributed by atoms with Gasteiger partial charge in [-0.1, -0.05) is 13.0 Å². The third-order valence-electron chi connectivity index (χ3n) is 4.49. The molecule has 1 saturated heterocycles. The standard InChI is InChI=1S/C18H31N3/c1-5-19-13-17-6-7-18(12-15(17)2)21-10-8-16(9-11-21)14-20(3)4/h6-7,12,16,19H,5,8-11,13-14H2,1-4H3. The summed E-state index contributed by atoms with van der Waals surface area (Å²) in [6.45, 7) is 10.0. The van der Waals surface area contributed by atoms with Crippen LogP contribution in [0.15, 0.2) is 18.2 Å². The van der Waals surface area contributed by atoms with E-state index in [0.717, 1.165) is 19.0 Å². The maximum absolute atomic E-state index is 3.41. The highest BCUT2D eigenvalue weighted by atomic mass is 15.1. The summed E-state index contributed by atoms with van der Waals surface area (Å²) >= 11 is 0. The third kappa shape index (κ3) is 4.72. The molecule has 21 heavy (non-hydrogen) atoms. The molecule has 0 aliphatic carbocycles. The Morgan fingerprint density at radius 2 is 1.95 bits per heavy atom. The number of nitrogens with one attached hydrogen (secondary N) is 1. The van der Waals surface area contributed by atoms with Crippen molar-refractivity contribution in [1.29, 1.82) is 0 Å². The van der Waals surface area contributed by atoms with E-state index in [0.29, 0.717) is 0 Å². The van der Waals surface area contributed by atoms with Crippen molar-refractivity contribution < 1.29 is 0 Å². The van der Waals surface area contributed by atoms with E-state index in [4.69, 9.17) is 0 Å². The van der Waals surface area contributed by atoms with Crippen molar-refractivity contribution in [3.05, 3.63) is 29.3 Å². The molecule has 0 bridgehead atoms. The summed E-state index contributed by atoms with van der Waals surface area (Å²) in [5.74, 6) is 0.866. The monoisotopic (exact) mass is 289 g/mol. The van der Waals surface area contributed by atoms with Gasteiger partial charge < -0.3 is 15.1 Å². The van der Waals surface area contributed by atoms with Crippen LogP contribution in [-0.4, -0.2) is 45.2 Å². The fourth-order valence-electron chi connectivity index (χ4n) is 3.22. The Bertz CT molecular complexity index is 434. The van der Waals surface area contributed by atoms with Crippen molar-refractivity contribution in [2.75, 3.05) is 45.2 Å². The van der Waals surface area contributed by atoms with Gasteiger partial charge in [0, 0.05) is 31.9 Å². The second-order valence-corrected chi connectivity index (χ2v) is 6.58. The lowest BCUT2D eigenvalue weighted by atomic mass is 9.95. The van der Waals surface area contributed by atoms with Crippen LogP contribution in [0.3, 0.4) is 0 Å². The van der Waals surface area contributed by atoms with Gasteiger partial charge in [-0.15, -0.1) is 0 Å². The van der Waals surface area contributed by atoms with Crippen LogP contribution in [0, 0.1) is 12.8 Å². The molecule has 1 aliphatic heterocycles. The average molecular weight is 289 g/mol. The average Bonchev–Trinajstić information content (AvgIpc) is 2.46. The molecule has 0 spiro atoms. The van der Waals surface area contributed by atoms with E-state index in [1.165, 1.54) is 49.3 Å². The molecule has 1 N–H and O–H groups in total. The van der Waals surface area contributed by atoms with E-state index in [1.807, 2.05) is 0 Å². The Morgan fingerprint density at radius 1 is 1.24 bits per heavy atom. The molecule has 2 rings (SSSR count). The minimum atomic E-state index is 0.866. The third-order valence-corrected chi connectivity index (χ3v) is 4.49. The maximum Gasteiger partial charge on any atom is 0.0369 e. The Hall–Kier alpha value is -1.06. The van der Waals surface area contributed by atoms with Crippen LogP contribution in [0.5, 0.6) is 0 Å². The molecule has 1 aromatic rings. The molecule has 0 unspecified atom stereocenters. The van der Waals surface area contributed by atoms with Gasteiger partial charge in [-0.25, -0.2) is 0 Å². The largest absolute Gasteiger partial charge is 0.372 e. The van der Waals surface area contributed by atoms with Gasteiger partial charge in [-0.3, -0.25) is 0 Å². The molecule has 3 heteroatoms. The number of benzene rings is 1. The van der Waals surface area contributed by atoms with Crippen molar-refractivity contribution in [1.82, 2.24) is 10.2 Å². The number of hydrogen-bond acceptors (Lipinski definition) is 3. The molecule has 0 amide bonds. The molecule has 1 heterocycles. The first kappa shape index (κ1) is 16.3. The Balaban J connectivity index is 1.92. The smallest absolute Gasteiger partial charge is 0.0369 e. The molecule has 118 valence electrons. The first-order valence-corrected chi connectivity index (χ1v) is 8.30. The lowest BCUT2D eigenvalue weighted by molar-refractivity contribution is 0.285. The molecule has 0 saturated carbocycles. The van der Waals surface area contributed by atoms with Crippen molar-refractivity contribution in [3.63, 3.8) is 0 Å². The summed E-state index contributed by atoms with van der Waals surface area (Å²) in [5, 5.41) is 3.41. The normalized spacial score (nSPS) is 16.7. The predicted octanol–water partition coefficient (Wildman–Crippen LogP) is 2.88. The van der Waals surface area contributed by atoms with Gasteiger partial charge >= 0.3 is 0 Å². The molecule has 1 aliphatic rings. The fourth-order valence-corrected chi connectivity index (χ4v) is 3.22. The second-order valence-electron chi connectivity index (χ2n) is 6.58. The van der Waals surface area contributed by atoms with Gasteiger partial charge in [0.25, 0.3) is 0 Å². The first-order valence-electron chi connectivity index (χ1n) is 8.30. The van der Waals surface area contributed by atoms with E-state index >= 15 is 0 Å². The SMILES string of the molecule is CCNCc1ccc(N2CCC(CN(C)C)CC2)cc1C. The molecular formula is C18H31N3. The van der Waals surface area contributed by atoms with Crippen LogP contribution in [0.4, 0.5) is 5.69 Å². The highest BCUT2D eigenvalue weighted by Gasteiger charge is 2.20. The van der Waals surface area contributed by atoms with Crippen molar-refractivity contribution in [2.45, 2.75) is 33.2 Å². The zero-order valence-electron chi connectivity index (χ0n) is 14.2. The zero-order chi connectivity index (χ0) is 15.2. The van der Waals surface area contributed by atoms with Crippen molar-refractivity contribution in [3.8, 4) is 0 Å². The second kappa shape index (κ2) is 7.81. The summed E-state index contributed by atoms with van der Waals surface area (Å²) in [7, 11) is 4.36. The number of anilines is 1. The van der Waals surface area contributed by atoms with E-state index in [-0.39, 0.29) is 0 Å². The first-order chi connectivity index (χ1) is 10.1. The molecule has 1 fully saturated rings. The van der Waals surface area contributed by atoms with Crippen molar-refractivity contribution >= 4 is 5.69 Å². The zero-order valence-corrected chi connectivity index (χ0v) is 14.2. The molecule has 0 radical (unpaired) electrons. The van der Waals surface area contributed by atoms with E-state index in [1.54, 1.807) is 0 Å². The molecule has 1 aromatic carbocycles. The van der Waals surface area contributed by atoms with Crippen LogP contribution >= 0.6 is 0 Å². The summed E-state index contributed by atoms with van der Waals surface area (Å²) < 4.78 is 0. The van der Waals surface area contributed by atoms with E-state index in [9.17, 15) is 0 Å². The summed E-state index contributed by atoms with van der Waals surface area (Å²) in [6.07, 6.45) is 2.63. The minimum absolute atomic E-state index is 0.866. The topological polar surface area (TPSA) is 18.5 Å². The Kier molecular flexibility index (Phi) is 6.07. The van der Waals surface area contributed by atoms with Gasteiger partial charge in [0.05, 0.1) is 0 Å². The van der Waals surface area contributed by atoms with Gasteiger partial charge in [0.15, 0.2) is 0 Å². The fraction of sp³-hybridized carbons (Fsp3) is 0.667. The van der Waals surface area contributed by atoms with Crippen molar-refractivity contribution in [2.24, 2.45) is 5.92 Å². The summed E-state index contributed by atoms with van der Waals surface area (Å²) in [6, 6.07) is 6.95. The van der Waals surface area contributed by atoms with Crippen LogP contribution in [0.1, 0.15) is 30.9 Å².